The Morgan fingerprint density at radius 3 is 2.74 bits per heavy atom. The molecule has 2 saturated carbocycles. The van der Waals surface area contributed by atoms with Crippen LogP contribution in [0.2, 0.25) is 0 Å². The molecule has 2 fully saturated rings. The maximum atomic E-state index is 4.47. The van der Waals surface area contributed by atoms with E-state index in [0.29, 0.717) is 0 Å². The molecule has 2 aliphatic rings. The molecule has 0 aliphatic heterocycles. The Morgan fingerprint density at radius 1 is 1.32 bits per heavy atom. The van der Waals surface area contributed by atoms with Crippen molar-refractivity contribution < 1.29 is 0 Å². The molecule has 0 spiro atoms. The molecule has 3 heteroatoms. The van der Waals surface area contributed by atoms with Crippen molar-refractivity contribution in [1.29, 1.82) is 0 Å². The first-order valence-electron chi connectivity index (χ1n) is 7.62. The number of aromatic nitrogens is 1. The van der Waals surface area contributed by atoms with E-state index in [1.807, 2.05) is 0 Å². The first-order valence-corrected chi connectivity index (χ1v) is 7.62. The van der Waals surface area contributed by atoms with Gasteiger partial charge in [0.15, 0.2) is 0 Å². The van der Waals surface area contributed by atoms with Crippen molar-refractivity contribution in [2.24, 2.45) is 5.92 Å². The Bertz CT molecular complexity index is 436. The summed E-state index contributed by atoms with van der Waals surface area (Å²) in [5, 5.41) is 3.60. The van der Waals surface area contributed by atoms with Gasteiger partial charge in [0.1, 0.15) is 0 Å². The van der Waals surface area contributed by atoms with Crippen LogP contribution in [0.4, 0.5) is 5.69 Å². The van der Waals surface area contributed by atoms with Gasteiger partial charge in [-0.15, -0.1) is 0 Å². The van der Waals surface area contributed by atoms with Crippen molar-refractivity contribution in [3.63, 3.8) is 0 Å². The van der Waals surface area contributed by atoms with Gasteiger partial charge >= 0.3 is 0 Å². The molecule has 2 aliphatic carbocycles. The number of nitrogens with zero attached hydrogens (tertiary/aromatic N) is 2. The average Bonchev–Trinajstić information content (AvgIpc) is 3.16. The Hall–Kier alpha value is -1.09. The minimum Gasteiger partial charge on any atom is -0.374 e. The SMILES string of the molecule is Cc1cc(N(C)CC2CCC2)c(CNC2CC2)cn1. The van der Waals surface area contributed by atoms with Crippen LogP contribution in [0.3, 0.4) is 0 Å². The smallest absolute Gasteiger partial charge is 0.0443 e. The monoisotopic (exact) mass is 259 g/mol. The molecule has 0 atom stereocenters. The molecule has 3 rings (SSSR count). The lowest BCUT2D eigenvalue weighted by molar-refractivity contribution is 0.321. The number of anilines is 1. The van der Waals surface area contributed by atoms with Gasteiger partial charge in [0.05, 0.1) is 0 Å². The van der Waals surface area contributed by atoms with E-state index in [1.165, 1.54) is 49.9 Å². The van der Waals surface area contributed by atoms with Crippen LogP contribution in [-0.4, -0.2) is 24.6 Å². The third-order valence-corrected chi connectivity index (χ3v) is 4.43. The van der Waals surface area contributed by atoms with E-state index in [2.05, 4.69) is 41.4 Å². The van der Waals surface area contributed by atoms with Crippen molar-refractivity contribution in [3.05, 3.63) is 23.5 Å². The van der Waals surface area contributed by atoms with Crippen LogP contribution >= 0.6 is 0 Å². The van der Waals surface area contributed by atoms with Crippen LogP contribution in [-0.2, 0) is 6.54 Å². The molecular weight excluding hydrogens is 234 g/mol. The third kappa shape index (κ3) is 3.27. The van der Waals surface area contributed by atoms with Crippen LogP contribution in [0.5, 0.6) is 0 Å². The lowest BCUT2D eigenvalue weighted by atomic mass is 9.85. The van der Waals surface area contributed by atoms with E-state index in [0.717, 1.165) is 24.2 Å². The maximum absolute atomic E-state index is 4.47. The first-order chi connectivity index (χ1) is 9.22. The molecule has 0 unspecified atom stereocenters. The second kappa shape index (κ2) is 5.49. The molecule has 1 aromatic rings. The van der Waals surface area contributed by atoms with Gasteiger partial charge in [0.2, 0.25) is 0 Å². The molecule has 1 N–H and O–H groups in total. The lowest BCUT2D eigenvalue weighted by Gasteiger charge is -2.32. The summed E-state index contributed by atoms with van der Waals surface area (Å²) < 4.78 is 0. The van der Waals surface area contributed by atoms with Crippen molar-refractivity contribution in [2.75, 3.05) is 18.5 Å². The molecule has 0 saturated heterocycles. The molecule has 19 heavy (non-hydrogen) atoms. The summed E-state index contributed by atoms with van der Waals surface area (Å²) in [6.45, 7) is 4.24. The number of hydrogen-bond donors (Lipinski definition) is 1. The fourth-order valence-corrected chi connectivity index (χ4v) is 2.77. The third-order valence-electron chi connectivity index (χ3n) is 4.43. The predicted octanol–water partition coefficient (Wildman–Crippen LogP) is 2.88. The Balaban J connectivity index is 1.69. The van der Waals surface area contributed by atoms with E-state index in [-0.39, 0.29) is 0 Å². The van der Waals surface area contributed by atoms with Crippen LogP contribution in [0.1, 0.15) is 43.4 Å². The van der Waals surface area contributed by atoms with E-state index in [4.69, 9.17) is 0 Å². The summed E-state index contributed by atoms with van der Waals surface area (Å²) >= 11 is 0. The molecular formula is C16H25N3. The van der Waals surface area contributed by atoms with E-state index < -0.39 is 0 Å². The summed E-state index contributed by atoms with van der Waals surface area (Å²) in [4.78, 5) is 6.90. The molecule has 0 aromatic carbocycles. The minimum absolute atomic E-state index is 0.756. The molecule has 104 valence electrons. The molecule has 0 bridgehead atoms. The van der Waals surface area contributed by atoms with Crippen molar-refractivity contribution in [2.45, 2.75) is 51.6 Å². The number of rotatable bonds is 6. The zero-order chi connectivity index (χ0) is 13.2. The molecule has 0 amide bonds. The second-order valence-electron chi connectivity index (χ2n) is 6.29. The summed E-state index contributed by atoms with van der Waals surface area (Å²) in [5.41, 5.74) is 3.83. The predicted molar refractivity (Wildman–Crippen MR) is 79.4 cm³/mol. The van der Waals surface area contributed by atoms with E-state index >= 15 is 0 Å². The average molecular weight is 259 g/mol. The van der Waals surface area contributed by atoms with E-state index in [1.54, 1.807) is 0 Å². The van der Waals surface area contributed by atoms with Gasteiger partial charge in [0, 0.05) is 49.3 Å². The van der Waals surface area contributed by atoms with E-state index in [9.17, 15) is 0 Å². The summed E-state index contributed by atoms with van der Waals surface area (Å²) in [6.07, 6.45) is 8.97. The van der Waals surface area contributed by atoms with Gasteiger partial charge in [-0.3, -0.25) is 4.98 Å². The lowest BCUT2D eigenvalue weighted by Crippen LogP contribution is -2.30. The molecule has 1 heterocycles. The maximum Gasteiger partial charge on any atom is 0.0443 e. The standard InChI is InChI=1S/C16H25N3/c1-12-8-16(19(2)11-13-4-3-5-13)14(9-17-12)10-18-15-6-7-15/h8-9,13,15,18H,3-7,10-11H2,1-2H3. The van der Waals surface area contributed by atoms with Crippen molar-refractivity contribution in [3.8, 4) is 0 Å². The quantitative estimate of drug-likeness (QED) is 0.851. The summed E-state index contributed by atoms with van der Waals surface area (Å²) in [7, 11) is 2.23. The van der Waals surface area contributed by atoms with Crippen LogP contribution in [0, 0.1) is 12.8 Å². The largest absolute Gasteiger partial charge is 0.374 e. The van der Waals surface area contributed by atoms with Gasteiger partial charge < -0.3 is 10.2 Å². The highest BCUT2D eigenvalue weighted by Gasteiger charge is 2.22. The van der Waals surface area contributed by atoms with Gasteiger partial charge in [-0.05, 0) is 44.6 Å². The number of hydrogen-bond acceptors (Lipinski definition) is 3. The molecule has 0 radical (unpaired) electrons. The Kier molecular flexibility index (Phi) is 3.74. The van der Waals surface area contributed by atoms with Gasteiger partial charge in [-0.1, -0.05) is 6.42 Å². The van der Waals surface area contributed by atoms with Crippen LogP contribution < -0.4 is 10.2 Å². The summed E-state index contributed by atoms with van der Waals surface area (Å²) in [6, 6.07) is 2.99. The topological polar surface area (TPSA) is 28.2 Å². The zero-order valence-electron chi connectivity index (χ0n) is 12.2. The van der Waals surface area contributed by atoms with Gasteiger partial charge in [-0.2, -0.15) is 0 Å². The Morgan fingerprint density at radius 2 is 2.11 bits per heavy atom. The van der Waals surface area contributed by atoms with Crippen molar-refractivity contribution >= 4 is 5.69 Å². The number of pyridine rings is 1. The highest BCUT2D eigenvalue weighted by molar-refractivity contribution is 5.53. The van der Waals surface area contributed by atoms with Crippen LogP contribution in [0.15, 0.2) is 12.3 Å². The first kappa shape index (κ1) is 12.9. The molecule has 3 nitrogen and oxygen atoms in total. The summed E-state index contributed by atoms with van der Waals surface area (Å²) in [5.74, 6) is 0.905. The number of aryl methyl sites for hydroxylation is 1. The van der Waals surface area contributed by atoms with Gasteiger partial charge in [-0.25, -0.2) is 0 Å². The normalized spacial score (nSPS) is 19.3. The minimum atomic E-state index is 0.756. The van der Waals surface area contributed by atoms with Gasteiger partial charge in [0.25, 0.3) is 0 Å². The second-order valence-corrected chi connectivity index (χ2v) is 6.29. The van der Waals surface area contributed by atoms with Crippen molar-refractivity contribution in [1.82, 2.24) is 10.3 Å². The highest BCUT2D eigenvalue weighted by atomic mass is 15.1. The molecule has 1 aromatic heterocycles. The fraction of sp³-hybridized carbons (Fsp3) is 0.688. The fourth-order valence-electron chi connectivity index (χ4n) is 2.77. The number of nitrogens with one attached hydrogen (secondary N) is 1. The van der Waals surface area contributed by atoms with Crippen LogP contribution in [0.25, 0.3) is 0 Å². The highest BCUT2D eigenvalue weighted by Crippen LogP contribution is 2.30. The zero-order valence-corrected chi connectivity index (χ0v) is 12.2. The Labute approximate surface area is 116 Å².